The van der Waals surface area contributed by atoms with Crippen molar-refractivity contribution >= 4 is 23.0 Å². The first-order valence-electron chi connectivity index (χ1n) is 10.2. The number of benzene rings is 3. The smallest absolute Gasteiger partial charge is 0.272 e. The minimum absolute atomic E-state index is 0.140. The molecule has 1 amide bonds. The number of hydrazone groups is 1. The molecule has 4 aromatic rings. The first kappa shape index (κ1) is 21.5. The molecule has 0 radical (unpaired) electrons. The van der Waals surface area contributed by atoms with Crippen LogP contribution in [0.25, 0.3) is 22.2 Å². The van der Waals surface area contributed by atoms with Gasteiger partial charge in [-0.05, 0) is 24.3 Å². The molecule has 1 N–H and O–H groups in total. The van der Waals surface area contributed by atoms with Crippen LogP contribution in [-0.4, -0.2) is 30.8 Å². The van der Waals surface area contributed by atoms with E-state index < -0.39 is 0 Å². The Morgan fingerprint density at radius 1 is 1.09 bits per heavy atom. The largest absolute Gasteiger partial charge is 0.493 e. The molecule has 0 fully saturated rings. The van der Waals surface area contributed by atoms with Gasteiger partial charge in [0.2, 0.25) is 0 Å². The fraction of sp³-hybridized carbons (Fsp3) is 0.0769. The molecule has 0 spiro atoms. The van der Waals surface area contributed by atoms with Gasteiger partial charge >= 0.3 is 0 Å². The maximum absolute atomic E-state index is 13.1. The second kappa shape index (κ2) is 10.1. The van der Waals surface area contributed by atoms with E-state index in [1.54, 1.807) is 24.3 Å². The quantitative estimate of drug-likeness (QED) is 0.338. The summed E-state index contributed by atoms with van der Waals surface area (Å²) in [7, 11) is 1.51. The summed E-state index contributed by atoms with van der Waals surface area (Å²) in [6, 6.07) is 26.1. The molecule has 3 aromatic carbocycles. The van der Waals surface area contributed by atoms with Crippen molar-refractivity contribution in [3.8, 4) is 28.8 Å². The average Bonchev–Trinajstić information content (AvgIpc) is 2.87. The monoisotopic (exact) mass is 436 g/mol. The Kier molecular flexibility index (Phi) is 6.57. The molecule has 0 aliphatic heterocycles. The van der Waals surface area contributed by atoms with Crippen molar-refractivity contribution in [3.05, 3.63) is 90.0 Å². The van der Waals surface area contributed by atoms with E-state index in [4.69, 9.17) is 19.7 Å². The highest BCUT2D eigenvalue weighted by Gasteiger charge is 2.14. The Hall–Kier alpha value is -4.70. The van der Waals surface area contributed by atoms with E-state index in [2.05, 4.69) is 10.5 Å². The van der Waals surface area contributed by atoms with Crippen molar-refractivity contribution in [3.63, 3.8) is 0 Å². The van der Waals surface area contributed by atoms with E-state index in [-0.39, 0.29) is 12.5 Å². The first-order chi connectivity index (χ1) is 16.2. The molecular formula is C26H20N4O3. The number of para-hydroxylation sites is 2. The number of nitrogens with one attached hydrogen (secondary N) is 1. The van der Waals surface area contributed by atoms with Gasteiger partial charge in [0, 0.05) is 16.5 Å². The number of ether oxygens (including phenoxy) is 2. The summed E-state index contributed by atoms with van der Waals surface area (Å²) in [6.45, 7) is -0.140. The maximum Gasteiger partial charge on any atom is 0.272 e. The molecule has 7 heteroatoms. The molecule has 0 saturated heterocycles. The third kappa shape index (κ3) is 4.81. The molecular weight excluding hydrogens is 416 g/mol. The summed E-state index contributed by atoms with van der Waals surface area (Å²) in [6.07, 6.45) is 1.45. The Balaban J connectivity index is 1.64. The first-order valence-corrected chi connectivity index (χ1v) is 10.2. The Bertz CT molecular complexity index is 1360. The highest BCUT2D eigenvalue weighted by molar-refractivity contribution is 6.07. The summed E-state index contributed by atoms with van der Waals surface area (Å²) in [5, 5.41) is 13.7. The lowest BCUT2D eigenvalue weighted by molar-refractivity contribution is 0.0956. The van der Waals surface area contributed by atoms with Crippen LogP contribution in [0.4, 0.5) is 0 Å². The number of hydrogen-bond donors (Lipinski definition) is 1. The van der Waals surface area contributed by atoms with Crippen LogP contribution in [0.3, 0.4) is 0 Å². The molecule has 1 aromatic heterocycles. The molecule has 0 atom stereocenters. The zero-order valence-corrected chi connectivity index (χ0v) is 17.9. The van der Waals surface area contributed by atoms with Crippen LogP contribution in [0.1, 0.15) is 15.9 Å². The topological polar surface area (TPSA) is 96.6 Å². The van der Waals surface area contributed by atoms with Crippen molar-refractivity contribution in [1.82, 2.24) is 10.4 Å². The fourth-order valence-electron chi connectivity index (χ4n) is 3.39. The number of carbonyl (C=O) groups is 1. The summed E-state index contributed by atoms with van der Waals surface area (Å²) >= 11 is 0. The van der Waals surface area contributed by atoms with Gasteiger partial charge < -0.3 is 9.47 Å². The van der Waals surface area contributed by atoms with Crippen LogP contribution in [0, 0.1) is 11.3 Å². The molecule has 0 unspecified atom stereocenters. The lowest BCUT2D eigenvalue weighted by Crippen LogP contribution is -2.18. The predicted molar refractivity (Wildman–Crippen MR) is 126 cm³/mol. The molecule has 0 saturated carbocycles. The molecule has 1 heterocycles. The van der Waals surface area contributed by atoms with Crippen molar-refractivity contribution < 1.29 is 14.3 Å². The number of aromatic nitrogens is 1. The molecule has 33 heavy (non-hydrogen) atoms. The minimum atomic E-state index is -0.371. The number of carbonyl (C=O) groups excluding carboxylic acids is 1. The number of fused-ring (bicyclic) bond motifs is 1. The van der Waals surface area contributed by atoms with E-state index in [0.717, 1.165) is 10.9 Å². The second-order valence-corrected chi connectivity index (χ2v) is 6.96. The maximum atomic E-state index is 13.1. The van der Waals surface area contributed by atoms with Gasteiger partial charge in [0.25, 0.3) is 5.91 Å². The Morgan fingerprint density at radius 2 is 1.88 bits per heavy atom. The van der Waals surface area contributed by atoms with Crippen molar-refractivity contribution in [2.45, 2.75) is 0 Å². The van der Waals surface area contributed by atoms with Gasteiger partial charge in [0.05, 0.1) is 30.1 Å². The number of rotatable bonds is 7. The van der Waals surface area contributed by atoms with Crippen LogP contribution in [-0.2, 0) is 0 Å². The standard InChI is InChI=1S/C26H20N4O3/c1-32-24-13-7-10-19(25(24)33-15-14-27)17-28-30-26(31)21-16-23(18-8-3-2-4-9-18)29-22-12-6-5-11-20(21)22/h2-13,16-17H,15H2,1H3,(H,30,31)/b28-17-. The lowest BCUT2D eigenvalue weighted by atomic mass is 10.0. The average molecular weight is 436 g/mol. The number of pyridine rings is 1. The van der Waals surface area contributed by atoms with E-state index >= 15 is 0 Å². The van der Waals surface area contributed by atoms with Crippen molar-refractivity contribution in [2.24, 2.45) is 5.10 Å². The predicted octanol–water partition coefficient (Wildman–Crippen LogP) is 4.58. The van der Waals surface area contributed by atoms with Crippen molar-refractivity contribution in [2.75, 3.05) is 13.7 Å². The summed E-state index contributed by atoms with van der Waals surface area (Å²) in [4.78, 5) is 17.8. The van der Waals surface area contributed by atoms with Gasteiger partial charge in [-0.1, -0.05) is 54.6 Å². The normalized spacial score (nSPS) is 10.7. The number of methoxy groups -OCH3 is 1. The molecule has 7 nitrogen and oxygen atoms in total. The van der Waals surface area contributed by atoms with Crippen LogP contribution in [0.5, 0.6) is 11.5 Å². The zero-order chi connectivity index (χ0) is 23.0. The van der Waals surface area contributed by atoms with Crippen LogP contribution in [0.2, 0.25) is 0 Å². The zero-order valence-electron chi connectivity index (χ0n) is 17.9. The molecule has 0 aliphatic carbocycles. The van der Waals surface area contributed by atoms with Gasteiger partial charge in [-0.2, -0.15) is 10.4 Å². The van der Waals surface area contributed by atoms with Gasteiger partial charge in [-0.15, -0.1) is 0 Å². The highest BCUT2D eigenvalue weighted by atomic mass is 16.5. The van der Waals surface area contributed by atoms with Crippen LogP contribution < -0.4 is 14.9 Å². The second-order valence-electron chi connectivity index (χ2n) is 6.96. The Morgan fingerprint density at radius 3 is 2.67 bits per heavy atom. The molecule has 0 aliphatic rings. The fourth-order valence-corrected chi connectivity index (χ4v) is 3.39. The van der Waals surface area contributed by atoms with E-state index in [1.165, 1.54) is 13.3 Å². The highest BCUT2D eigenvalue weighted by Crippen LogP contribution is 2.30. The SMILES string of the molecule is COc1cccc(/C=N\NC(=O)c2cc(-c3ccccc3)nc3ccccc23)c1OCC#N. The van der Waals surface area contributed by atoms with E-state index in [1.807, 2.05) is 60.7 Å². The van der Waals surface area contributed by atoms with Gasteiger partial charge in [0.15, 0.2) is 18.1 Å². The molecule has 0 bridgehead atoms. The van der Waals surface area contributed by atoms with Crippen LogP contribution in [0.15, 0.2) is 84.0 Å². The number of amides is 1. The number of nitriles is 1. The summed E-state index contributed by atoms with van der Waals surface area (Å²) in [5.74, 6) is 0.470. The third-order valence-corrected chi connectivity index (χ3v) is 4.91. The molecule has 162 valence electrons. The number of nitrogens with zero attached hydrogens (tertiary/aromatic N) is 3. The van der Waals surface area contributed by atoms with Crippen molar-refractivity contribution in [1.29, 1.82) is 5.26 Å². The van der Waals surface area contributed by atoms with Gasteiger partial charge in [-0.3, -0.25) is 4.79 Å². The van der Waals surface area contributed by atoms with Gasteiger partial charge in [0.1, 0.15) is 6.07 Å². The summed E-state index contributed by atoms with van der Waals surface area (Å²) < 4.78 is 10.8. The minimum Gasteiger partial charge on any atom is -0.493 e. The van der Waals surface area contributed by atoms with Gasteiger partial charge in [-0.25, -0.2) is 10.4 Å². The summed E-state index contributed by atoms with van der Waals surface area (Å²) in [5.41, 5.74) is 5.93. The molecule has 4 rings (SSSR count). The van der Waals surface area contributed by atoms with Crippen LogP contribution >= 0.6 is 0 Å². The Labute approximate surface area is 190 Å². The third-order valence-electron chi connectivity index (χ3n) is 4.91. The van der Waals surface area contributed by atoms with E-state index in [9.17, 15) is 4.79 Å². The van der Waals surface area contributed by atoms with E-state index in [0.29, 0.717) is 33.8 Å². The lowest BCUT2D eigenvalue weighted by Gasteiger charge is -2.11. The number of hydrogen-bond acceptors (Lipinski definition) is 6.